The quantitative estimate of drug-likeness (QED) is 0.571. The molecule has 0 bridgehead atoms. The van der Waals surface area contributed by atoms with Crippen molar-refractivity contribution in [2.45, 2.75) is 6.42 Å². The molecule has 0 unspecified atom stereocenters. The fraction of sp³-hybridized carbons (Fsp3) is 0.300. The van der Waals surface area contributed by atoms with Crippen LogP contribution in [0.25, 0.3) is 16.6 Å². The summed E-state index contributed by atoms with van der Waals surface area (Å²) in [5.74, 6) is 1.42. The fourth-order valence-corrected chi connectivity index (χ4v) is 3.83. The molecule has 142 valence electrons. The van der Waals surface area contributed by atoms with Gasteiger partial charge in [-0.15, -0.1) is 15.3 Å². The first-order valence-corrected chi connectivity index (χ1v) is 9.39. The van der Waals surface area contributed by atoms with Crippen LogP contribution in [0.3, 0.4) is 0 Å². The minimum Gasteiger partial charge on any atom is -0.355 e. The lowest BCUT2D eigenvalue weighted by Crippen LogP contribution is -2.52. The summed E-state index contributed by atoms with van der Waals surface area (Å²) in [6, 6.07) is 12.0. The van der Waals surface area contributed by atoms with E-state index in [-0.39, 0.29) is 5.91 Å². The first kappa shape index (κ1) is 16.7. The van der Waals surface area contributed by atoms with E-state index in [0.717, 1.165) is 41.0 Å². The number of aryl methyl sites for hydroxylation is 1. The number of nitrogens with one attached hydrogen (secondary N) is 1. The highest BCUT2D eigenvalue weighted by atomic mass is 16.1. The molecular weight excluding hydrogens is 354 g/mol. The SMILES string of the molecule is Cn1cc(CC(=O)NCC2CN(c3ccc4nncn4n3)C2)c2ccccc21. The first-order chi connectivity index (χ1) is 13.7. The number of nitrogens with zero attached hydrogens (tertiary/aromatic N) is 6. The van der Waals surface area contributed by atoms with Crippen LogP contribution in [0.1, 0.15) is 5.56 Å². The van der Waals surface area contributed by atoms with Crippen molar-refractivity contribution in [3.63, 3.8) is 0 Å². The highest BCUT2D eigenvalue weighted by Crippen LogP contribution is 2.23. The number of rotatable bonds is 5. The third-order valence-corrected chi connectivity index (χ3v) is 5.35. The van der Waals surface area contributed by atoms with Crippen molar-refractivity contribution in [3.8, 4) is 0 Å². The van der Waals surface area contributed by atoms with Crippen LogP contribution in [-0.2, 0) is 18.3 Å². The second-order valence-corrected chi connectivity index (χ2v) is 7.36. The van der Waals surface area contributed by atoms with Crippen LogP contribution in [0.5, 0.6) is 0 Å². The van der Waals surface area contributed by atoms with Gasteiger partial charge in [-0.25, -0.2) is 0 Å². The van der Waals surface area contributed by atoms with Crippen molar-refractivity contribution in [2.75, 3.05) is 24.5 Å². The molecule has 5 rings (SSSR count). The van der Waals surface area contributed by atoms with Crippen LogP contribution >= 0.6 is 0 Å². The number of fused-ring (bicyclic) bond motifs is 2. The van der Waals surface area contributed by atoms with E-state index in [9.17, 15) is 4.79 Å². The van der Waals surface area contributed by atoms with Crippen LogP contribution in [0, 0.1) is 5.92 Å². The zero-order chi connectivity index (χ0) is 19.1. The number of carbonyl (C=O) groups excluding carboxylic acids is 1. The smallest absolute Gasteiger partial charge is 0.224 e. The molecular formula is C20H21N7O. The van der Waals surface area contributed by atoms with E-state index < -0.39 is 0 Å². The molecule has 28 heavy (non-hydrogen) atoms. The molecule has 3 aromatic heterocycles. The molecule has 1 N–H and O–H groups in total. The summed E-state index contributed by atoms with van der Waals surface area (Å²) in [6.45, 7) is 2.46. The number of carbonyl (C=O) groups is 1. The minimum absolute atomic E-state index is 0.0684. The lowest BCUT2D eigenvalue weighted by molar-refractivity contribution is -0.120. The van der Waals surface area contributed by atoms with E-state index in [1.165, 1.54) is 0 Å². The Balaban J connectivity index is 1.15. The number of hydrogen-bond acceptors (Lipinski definition) is 5. The first-order valence-electron chi connectivity index (χ1n) is 9.39. The maximum absolute atomic E-state index is 12.4. The van der Waals surface area contributed by atoms with E-state index in [2.05, 4.69) is 42.2 Å². The van der Waals surface area contributed by atoms with Crippen molar-refractivity contribution in [2.24, 2.45) is 13.0 Å². The second-order valence-electron chi connectivity index (χ2n) is 7.36. The zero-order valence-electron chi connectivity index (χ0n) is 15.6. The number of amides is 1. The molecule has 0 atom stereocenters. The van der Waals surface area contributed by atoms with Crippen LogP contribution in [-0.4, -0.2) is 49.9 Å². The summed E-state index contributed by atoms with van der Waals surface area (Å²) in [6.07, 6.45) is 4.05. The van der Waals surface area contributed by atoms with Gasteiger partial charge in [0.15, 0.2) is 5.65 Å². The Morgan fingerprint density at radius 2 is 2.07 bits per heavy atom. The average Bonchev–Trinajstić information content (AvgIpc) is 3.25. The van der Waals surface area contributed by atoms with Crippen molar-refractivity contribution in [1.29, 1.82) is 0 Å². The average molecular weight is 375 g/mol. The van der Waals surface area contributed by atoms with Gasteiger partial charge in [0, 0.05) is 49.7 Å². The van der Waals surface area contributed by atoms with Crippen molar-refractivity contribution >= 4 is 28.3 Å². The molecule has 0 saturated carbocycles. The summed E-state index contributed by atoms with van der Waals surface area (Å²) < 4.78 is 3.75. The van der Waals surface area contributed by atoms with Gasteiger partial charge >= 0.3 is 0 Å². The minimum atomic E-state index is 0.0684. The number of benzene rings is 1. The Kier molecular flexibility index (Phi) is 3.96. The number of aromatic nitrogens is 5. The van der Waals surface area contributed by atoms with E-state index in [1.54, 1.807) is 10.8 Å². The summed E-state index contributed by atoms with van der Waals surface area (Å²) in [4.78, 5) is 14.6. The molecule has 1 aliphatic heterocycles. The van der Waals surface area contributed by atoms with Gasteiger partial charge in [-0.05, 0) is 23.8 Å². The summed E-state index contributed by atoms with van der Waals surface area (Å²) in [5.41, 5.74) is 2.95. The Bertz CT molecular complexity index is 1160. The Labute approximate surface area is 161 Å². The van der Waals surface area contributed by atoms with Gasteiger partial charge < -0.3 is 14.8 Å². The third kappa shape index (κ3) is 2.96. The fourth-order valence-electron chi connectivity index (χ4n) is 3.83. The molecule has 4 heterocycles. The lowest BCUT2D eigenvalue weighted by Gasteiger charge is -2.40. The Morgan fingerprint density at radius 3 is 2.96 bits per heavy atom. The predicted octanol–water partition coefficient (Wildman–Crippen LogP) is 1.41. The maximum Gasteiger partial charge on any atom is 0.224 e. The largest absolute Gasteiger partial charge is 0.355 e. The molecule has 8 heteroatoms. The van der Waals surface area contributed by atoms with Gasteiger partial charge in [0.2, 0.25) is 5.91 Å². The predicted molar refractivity (Wildman–Crippen MR) is 106 cm³/mol. The van der Waals surface area contributed by atoms with Crippen LogP contribution in [0.2, 0.25) is 0 Å². The number of para-hydroxylation sites is 1. The standard InChI is InChI=1S/C20H21N7O/c1-25-12-15(16-4-2-3-5-17(16)25)8-20(28)21-9-14-10-26(11-14)19-7-6-18-23-22-13-27(18)24-19/h2-7,12-14H,8-11H2,1H3,(H,21,28). The molecule has 1 aromatic carbocycles. The van der Waals surface area contributed by atoms with Crippen molar-refractivity contribution in [3.05, 3.63) is 54.5 Å². The van der Waals surface area contributed by atoms with Gasteiger partial charge in [-0.3, -0.25) is 4.79 Å². The van der Waals surface area contributed by atoms with E-state index in [0.29, 0.717) is 18.9 Å². The topological polar surface area (TPSA) is 80.4 Å². The normalized spacial score (nSPS) is 14.5. The Hall–Kier alpha value is -3.42. The molecule has 0 aliphatic carbocycles. The van der Waals surface area contributed by atoms with Gasteiger partial charge in [-0.1, -0.05) is 18.2 Å². The van der Waals surface area contributed by atoms with Gasteiger partial charge in [0.05, 0.1) is 6.42 Å². The lowest BCUT2D eigenvalue weighted by atomic mass is 10.00. The molecule has 4 aromatic rings. The molecule has 1 saturated heterocycles. The van der Waals surface area contributed by atoms with E-state index in [4.69, 9.17) is 0 Å². The maximum atomic E-state index is 12.4. The highest BCUT2D eigenvalue weighted by molar-refractivity contribution is 5.89. The molecule has 0 spiro atoms. The summed E-state index contributed by atoms with van der Waals surface area (Å²) >= 11 is 0. The van der Waals surface area contributed by atoms with Crippen LogP contribution in [0.4, 0.5) is 5.82 Å². The number of anilines is 1. The van der Waals surface area contributed by atoms with Gasteiger partial charge in [-0.2, -0.15) is 4.52 Å². The van der Waals surface area contributed by atoms with Crippen LogP contribution in [0.15, 0.2) is 48.9 Å². The molecule has 1 amide bonds. The molecule has 1 fully saturated rings. The van der Waals surface area contributed by atoms with E-state index >= 15 is 0 Å². The Morgan fingerprint density at radius 1 is 1.21 bits per heavy atom. The zero-order valence-corrected chi connectivity index (χ0v) is 15.6. The van der Waals surface area contributed by atoms with Crippen molar-refractivity contribution < 1.29 is 4.79 Å². The summed E-state index contributed by atoms with van der Waals surface area (Å²) in [5, 5.41) is 16.5. The van der Waals surface area contributed by atoms with E-state index in [1.807, 2.05) is 37.5 Å². The third-order valence-electron chi connectivity index (χ3n) is 5.35. The van der Waals surface area contributed by atoms with Crippen molar-refractivity contribution in [1.82, 2.24) is 29.7 Å². The van der Waals surface area contributed by atoms with Gasteiger partial charge in [0.1, 0.15) is 12.1 Å². The van der Waals surface area contributed by atoms with Crippen LogP contribution < -0.4 is 10.2 Å². The number of hydrogen-bond donors (Lipinski definition) is 1. The highest BCUT2D eigenvalue weighted by Gasteiger charge is 2.28. The molecule has 0 radical (unpaired) electrons. The molecule has 8 nitrogen and oxygen atoms in total. The summed E-state index contributed by atoms with van der Waals surface area (Å²) in [7, 11) is 2.01. The second kappa shape index (κ2) is 6.63. The van der Waals surface area contributed by atoms with Gasteiger partial charge in [0.25, 0.3) is 0 Å². The molecule has 1 aliphatic rings. The monoisotopic (exact) mass is 375 g/mol.